The number of aryl methyl sites for hydroxylation is 1. The summed E-state index contributed by atoms with van der Waals surface area (Å²) in [5.74, 6) is 0.880. The Kier molecular flexibility index (Phi) is 4.05. The average Bonchev–Trinajstić information content (AvgIpc) is 2.39. The number of hydrogen-bond donors (Lipinski definition) is 0. The second kappa shape index (κ2) is 5.57. The Morgan fingerprint density at radius 2 is 1.74 bits per heavy atom. The van der Waals surface area contributed by atoms with Crippen LogP contribution in [0.2, 0.25) is 5.15 Å². The molecule has 0 bridgehead atoms. The molecule has 1 aromatic heterocycles. The van der Waals surface area contributed by atoms with E-state index < -0.39 is 0 Å². The molecule has 100 valence electrons. The van der Waals surface area contributed by atoms with Crippen molar-refractivity contribution in [1.82, 2.24) is 10.2 Å². The van der Waals surface area contributed by atoms with Crippen LogP contribution in [0.25, 0.3) is 0 Å². The van der Waals surface area contributed by atoms with Crippen molar-refractivity contribution in [2.45, 2.75) is 27.3 Å². The largest absolute Gasteiger partial charge is 0.354 e. The first-order valence-electron chi connectivity index (χ1n) is 6.25. The first kappa shape index (κ1) is 13.8. The molecule has 0 amide bonds. The van der Waals surface area contributed by atoms with Gasteiger partial charge in [-0.05, 0) is 43.0 Å². The number of halogens is 1. The molecule has 0 N–H and O–H groups in total. The van der Waals surface area contributed by atoms with Crippen molar-refractivity contribution in [2.24, 2.45) is 0 Å². The molecule has 0 spiro atoms. The van der Waals surface area contributed by atoms with E-state index in [1.54, 1.807) is 0 Å². The van der Waals surface area contributed by atoms with Crippen LogP contribution in [0, 0.1) is 20.8 Å². The molecule has 3 nitrogen and oxygen atoms in total. The lowest BCUT2D eigenvalue weighted by Crippen LogP contribution is -2.20. The van der Waals surface area contributed by atoms with Crippen molar-refractivity contribution in [1.29, 1.82) is 0 Å². The number of anilines is 1. The maximum atomic E-state index is 5.98. The summed E-state index contributed by atoms with van der Waals surface area (Å²) in [5.41, 5.74) is 4.64. The maximum absolute atomic E-state index is 5.98. The molecule has 2 aromatic rings. The number of hydrogen-bond acceptors (Lipinski definition) is 3. The quantitative estimate of drug-likeness (QED) is 0.855. The molecule has 1 aromatic carbocycles. The van der Waals surface area contributed by atoms with E-state index in [2.05, 4.69) is 46.3 Å². The summed E-state index contributed by atoms with van der Waals surface area (Å²) >= 11 is 5.98. The highest BCUT2D eigenvalue weighted by molar-refractivity contribution is 6.30. The van der Waals surface area contributed by atoms with Gasteiger partial charge < -0.3 is 4.90 Å². The number of rotatable bonds is 3. The zero-order valence-electron chi connectivity index (χ0n) is 11.7. The molecule has 0 aliphatic carbocycles. The fourth-order valence-corrected chi connectivity index (χ4v) is 2.22. The van der Waals surface area contributed by atoms with E-state index in [4.69, 9.17) is 11.6 Å². The van der Waals surface area contributed by atoms with Crippen molar-refractivity contribution >= 4 is 17.4 Å². The highest BCUT2D eigenvalue weighted by atomic mass is 35.5. The van der Waals surface area contributed by atoms with Gasteiger partial charge in [0.1, 0.15) is 0 Å². The average molecular weight is 276 g/mol. The molecule has 0 aliphatic heterocycles. The van der Waals surface area contributed by atoms with Crippen LogP contribution in [0.3, 0.4) is 0 Å². The lowest BCUT2D eigenvalue weighted by Gasteiger charge is -2.21. The summed E-state index contributed by atoms with van der Waals surface area (Å²) < 4.78 is 0. The van der Waals surface area contributed by atoms with Gasteiger partial charge >= 0.3 is 0 Å². The summed E-state index contributed by atoms with van der Waals surface area (Å²) in [6.45, 7) is 6.93. The second-order valence-corrected chi connectivity index (χ2v) is 5.20. The van der Waals surface area contributed by atoms with Crippen molar-refractivity contribution in [2.75, 3.05) is 11.9 Å². The molecular formula is C15H18ClN3. The van der Waals surface area contributed by atoms with Gasteiger partial charge in [0.05, 0.1) is 0 Å². The monoisotopic (exact) mass is 275 g/mol. The van der Waals surface area contributed by atoms with Crippen LogP contribution in [-0.2, 0) is 6.54 Å². The van der Waals surface area contributed by atoms with Crippen molar-refractivity contribution in [3.05, 3.63) is 51.7 Å². The van der Waals surface area contributed by atoms with Gasteiger partial charge in [0, 0.05) is 13.6 Å². The summed E-state index contributed by atoms with van der Waals surface area (Å²) in [6.07, 6.45) is 0. The van der Waals surface area contributed by atoms with Gasteiger partial charge in [0.2, 0.25) is 0 Å². The predicted octanol–water partition coefficient (Wildman–Crippen LogP) is 3.69. The minimum absolute atomic E-state index is 0.477. The Hall–Kier alpha value is -1.61. The number of benzene rings is 1. The third kappa shape index (κ3) is 2.87. The molecule has 0 fully saturated rings. The molecule has 0 aliphatic rings. The zero-order chi connectivity index (χ0) is 14.0. The summed E-state index contributed by atoms with van der Waals surface area (Å²) in [7, 11) is 2.02. The molecule has 0 saturated carbocycles. The molecule has 19 heavy (non-hydrogen) atoms. The van der Waals surface area contributed by atoms with Gasteiger partial charge in [-0.3, -0.25) is 0 Å². The van der Waals surface area contributed by atoms with Crippen molar-refractivity contribution in [3.63, 3.8) is 0 Å². The van der Waals surface area contributed by atoms with E-state index in [0.29, 0.717) is 5.15 Å². The molecule has 0 unspecified atom stereocenters. The zero-order valence-corrected chi connectivity index (χ0v) is 12.5. The van der Waals surface area contributed by atoms with Crippen LogP contribution in [-0.4, -0.2) is 17.2 Å². The van der Waals surface area contributed by atoms with E-state index in [1.807, 2.05) is 20.9 Å². The smallest absolute Gasteiger partial charge is 0.155 e. The van der Waals surface area contributed by atoms with Gasteiger partial charge in [0.15, 0.2) is 11.0 Å². The summed E-state index contributed by atoms with van der Waals surface area (Å²) in [6, 6.07) is 8.37. The minimum atomic E-state index is 0.477. The van der Waals surface area contributed by atoms with E-state index in [1.165, 1.54) is 11.1 Å². The fraction of sp³-hybridized carbons (Fsp3) is 0.333. The SMILES string of the molecule is Cc1ccccc1CN(C)c1nnc(Cl)c(C)c1C. The fourth-order valence-electron chi connectivity index (χ4n) is 2.04. The van der Waals surface area contributed by atoms with Gasteiger partial charge in [-0.2, -0.15) is 0 Å². The molecule has 4 heteroatoms. The molecule has 1 heterocycles. The van der Waals surface area contributed by atoms with Crippen molar-refractivity contribution in [3.8, 4) is 0 Å². The lowest BCUT2D eigenvalue weighted by molar-refractivity contribution is 0.848. The third-order valence-corrected chi connectivity index (χ3v) is 3.83. The Morgan fingerprint density at radius 1 is 1.05 bits per heavy atom. The Balaban J connectivity index is 2.28. The van der Waals surface area contributed by atoms with Gasteiger partial charge in [-0.15, -0.1) is 10.2 Å². The van der Waals surface area contributed by atoms with Crippen LogP contribution in [0.5, 0.6) is 0 Å². The van der Waals surface area contributed by atoms with Crippen LogP contribution in [0.1, 0.15) is 22.3 Å². The van der Waals surface area contributed by atoms with Crippen molar-refractivity contribution < 1.29 is 0 Å². The summed E-state index contributed by atoms with van der Waals surface area (Å²) in [5, 5.41) is 8.68. The van der Waals surface area contributed by atoms with Gasteiger partial charge in [0.25, 0.3) is 0 Å². The molecule has 0 radical (unpaired) electrons. The van der Waals surface area contributed by atoms with E-state index in [0.717, 1.165) is 23.5 Å². The normalized spacial score (nSPS) is 10.6. The van der Waals surface area contributed by atoms with Gasteiger partial charge in [-0.25, -0.2) is 0 Å². The number of nitrogens with zero attached hydrogens (tertiary/aromatic N) is 3. The summed E-state index contributed by atoms with van der Waals surface area (Å²) in [4.78, 5) is 2.11. The van der Waals surface area contributed by atoms with E-state index in [-0.39, 0.29) is 0 Å². The molecule has 0 saturated heterocycles. The Bertz CT molecular complexity index is 596. The third-order valence-electron chi connectivity index (χ3n) is 3.47. The second-order valence-electron chi connectivity index (χ2n) is 4.85. The van der Waals surface area contributed by atoms with Crippen LogP contribution < -0.4 is 4.90 Å². The molecular weight excluding hydrogens is 258 g/mol. The highest BCUT2D eigenvalue weighted by Gasteiger charge is 2.12. The highest BCUT2D eigenvalue weighted by Crippen LogP contribution is 2.24. The standard InChI is InChI=1S/C15H18ClN3/c1-10-7-5-6-8-13(10)9-19(4)15-12(3)11(2)14(16)17-18-15/h5-8H,9H2,1-4H3. The maximum Gasteiger partial charge on any atom is 0.155 e. The Labute approximate surface area is 119 Å². The van der Waals surface area contributed by atoms with E-state index in [9.17, 15) is 0 Å². The van der Waals surface area contributed by atoms with E-state index >= 15 is 0 Å². The molecule has 2 rings (SSSR count). The first-order valence-corrected chi connectivity index (χ1v) is 6.63. The molecule has 0 atom stereocenters. The number of aromatic nitrogens is 2. The Morgan fingerprint density at radius 3 is 2.42 bits per heavy atom. The lowest BCUT2D eigenvalue weighted by atomic mass is 10.1. The first-order chi connectivity index (χ1) is 9.00. The van der Waals surface area contributed by atoms with Gasteiger partial charge in [-0.1, -0.05) is 35.9 Å². The topological polar surface area (TPSA) is 29.0 Å². The van der Waals surface area contributed by atoms with Crippen LogP contribution in [0.15, 0.2) is 24.3 Å². The predicted molar refractivity (Wildman–Crippen MR) is 79.8 cm³/mol. The van der Waals surface area contributed by atoms with Crippen LogP contribution >= 0.6 is 11.6 Å². The minimum Gasteiger partial charge on any atom is -0.354 e. The van der Waals surface area contributed by atoms with Crippen LogP contribution in [0.4, 0.5) is 5.82 Å².